The smallest absolute Gasteiger partial charge is 0.258 e. The molecule has 0 spiro atoms. The Morgan fingerprint density at radius 3 is 2.94 bits per heavy atom. The fraction of sp³-hybridized carbons (Fsp3) is 0. The van der Waals surface area contributed by atoms with Gasteiger partial charge in [0.2, 0.25) is 5.82 Å². The van der Waals surface area contributed by atoms with Gasteiger partial charge in [-0.2, -0.15) is 4.98 Å². The van der Waals surface area contributed by atoms with E-state index in [1.807, 2.05) is 5.38 Å². The quantitative estimate of drug-likeness (QED) is 0.783. The van der Waals surface area contributed by atoms with Gasteiger partial charge in [-0.15, -0.1) is 11.3 Å². The third-order valence-corrected chi connectivity index (χ3v) is 3.54. The van der Waals surface area contributed by atoms with Gasteiger partial charge in [-0.1, -0.05) is 5.16 Å². The van der Waals surface area contributed by atoms with E-state index in [-0.39, 0.29) is 5.75 Å². The predicted octanol–water partition coefficient (Wildman–Crippen LogP) is 3.33. The number of nitrogens with zero attached hydrogens (tertiary/aromatic N) is 3. The van der Waals surface area contributed by atoms with E-state index in [4.69, 9.17) is 4.52 Å². The number of phenolic OH excluding ortho intramolecular Hbond substituents is 1. The SMILES string of the molecule is Oc1cc(-c2nc(-c3cscn3)no2)ccc1Br. The topological polar surface area (TPSA) is 72.0 Å². The number of hydrogen-bond donors (Lipinski definition) is 1. The Balaban J connectivity index is 2.00. The molecule has 5 nitrogen and oxygen atoms in total. The second-order valence-electron chi connectivity index (χ2n) is 3.46. The molecule has 0 atom stereocenters. The highest BCUT2D eigenvalue weighted by Crippen LogP contribution is 2.29. The summed E-state index contributed by atoms with van der Waals surface area (Å²) in [5, 5.41) is 15.3. The molecule has 0 saturated carbocycles. The highest BCUT2D eigenvalue weighted by Gasteiger charge is 2.12. The van der Waals surface area contributed by atoms with Gasteiger partial charge in [0.25, 0.3) is 5.89 Å². The van der Waals surface area contributed by atoms with Crippen molar-refractivity contribution < 1.29 is 9.63 Å². The molecule has 7 heteroatoms. The van der Waals surface area contributed by atoms with Gasteiger partial charge in [-0.05, 0) is 34.1 Å². The number of halogens is 1. The molecule has 0 amide bonds. The van der Waals surface area contributed by atoms with Crippen molar-refractivity contribution in [2.75, 3.05) is 0 Å². The molecule has 0 aliphatic heterocycles. The van der Waals surface area contributed by atoms with Crippen molar-refractivity contribution in [2.24, 2.45) is 0 Å². The fourth-order valence-corrected chi connectivity index (χ4v) is 2.19. The first kappa shape index (κ1) is 11.4. The van der Waals surface area contributed by atoms with E-state index in [1.165, 1.54) is 11.3 Å². The van der Waals surface area contributed by atoms with Gasteiger partial charge in [0.15, 0.2) is 0 Å². The standard InChI is InChI=1S/C11H6BrN3O2S/c12-7-2-1-6(3-9(7)16)11-14-10(15-17-11)8-4-18-5-13-8/h1-5,16H. The van der Waals surface area contributed by atoms with Crippen LogP contribution >= 0.6 is 27.3 Å². The van der Waals surface area contributed by atoms with Crippen LogP contribution in [0.15, 0.2) is 38.1 Å². The van der Waals surface area contributed by atoms with Crippen LogP contribution in [0, 0.1) is 0 Å². The summed E-state index contributed by atoms with van der Waals surface area (Å²) in [5.74, 6) is 0.912. The van der Waals surface area contributed by atoms with Gasteiger partial charge in [0.1, 0.15) is 11.4 Å². The number of thiazole rings is 1. The van der Waals surface area contributed by atoms with E-state index in [0.717, 1.165) is 0 Å². The average Bonchev–Trinajstić information content (AvgIpc) is 3.01. The minimum atomic E-state index is 0.126. The molecule has 0 unspecified atom stereocenters. The Bertz CT molecular complexity index is 681. The van der Waals surface area contributed by atoms with Crippen LogP contribution < -0.4 is 0 Å². The summed E-state index contributed by atoms with van der Waals surface area (Å²) in [6, 6.07) is 5.06. The summed E-state index contributed by atoms with van der Waals surface area (Å²) in [6.07, 6.45) is 0. The van der Waals surface area contributed by atoms with Crippen molar-refractivity contribution in [2.45, 2.75) is 0 Å². The van der Waals surface area contributed by atoms with Crippen molar-refractivity contribution in [1.29, 1.82) is 0 Å². The van der Waals surface area contributed by atoms with Crippen LogP contribution in [0.1, 0.15) is 0 Å². The molecule has 18 heavy (non-hydrogen) atoms. The van der Waals surface area contributed by atoms with Crippen molar-refractivity contribution in [3.63, 3.8) is 0 Å². The molecule has 0 bridgehead atoms. The lowest BCUT2D eigenvalue weighted by molar-refractivity contribution is 0.431. The van der Waals surface area contributed by atoms with Crippen molar-refractivity contribution >= 4 is 27.3 Å². The van der Waals surface area contributed by atoms with Crippen LogP contribution in [0.2, 0.25) is 0 Å². The summed E-state index contributed by atoms with van der Waals surface area (Å²) in [6.45, 7) is 0. The molecule has 2 aromatic heterocycles. The number of aromatic hydroxyl groups is 1. The molecule has 0 fully saturated rings. The Morgan fingerprint density at radius 2 is 2.22 bits per heavy atom. The number of rotatable bonds is 2. The molecule has 0 saturated heterocycles. The summed E-state index contributed by atoms with van der Waals surface area (Å²) in [7, 11) is 0. The summed E-state index contributed by atoms with van der Waals surface area (Å²) >= 11 is 4.68. The summed E-state index contributed by atoms with van der Waals surface area (Å²) in [5.41, 5.74) is 3.04. The molecule has 3 aromatic rings. The maximum Gasteiger partial charge on any atom is 0.258 e. The lowest BCUT2D eigenvalue weighted by Gasteiger charge is -1.97. The zero-order chi connectivity index (χ0) is 12.5. The van der Waals surface area contributed by atoms with E-state index >= 15 is 0 Å². The van der Waals surface area contributed by atoms with Crippen LogP contribution in [0.25, 0.3) is 23.0 Å². The Morgan fingerprint density at radius 1 is 1.33 bits per heavy atom. The largest absolute Gasteiger partial charge is 0.507 e. The molecule has 0 radical (unpaired) electrons. The Kier molecular flexibility index (Phi) is 2.85. The minimum absolute atomic E-state index is 0.126. The van der Waals surface area contributed by atoms with Crippen LogP contribution in [-0.2, 0) is 0 Å². The van der Waals surface area contributed by atoms with Gasteiger partial charge in [-0.25, -0.2) is 4.98 Å². The second kappa shape index (κ2) is 4.51. The fourth-order valence-electron chi connectivity index (χ4n) is 1.41. The maximum absolute atomic E-state index is 9.60. The molecule has 0 aliphatic carbocycles. The summed E-state index contributed by atoms with van der Waals surface area (Å²) in [4.78, 5) is 8.34. The van der Waals surface area contributed by atoms with Crippen molar-refractivity contribution in [3.8, 4) is 28.7 Å². The third kappa shape index (κ3) is 2.02. The van der Waals surface area contributed by atoms with Crippen LogP contribution in [-0.4, -0.2) is 20.2 Å². The molecule has 90 valence electrons. The normalized spacial score (nSPS) is 10.7. The Hall–Kier alpha value is -1.73. The number of benzene rings is 1. The molecule has 0 aliphatic rings. The third-order valence-electron chi connectivity index (χ3n) is 2.28. The maximum atomic E-state index is 9.60. The highest BCUT2D eigenvalue weighted by atomic mass is 79.9. The molecule has 2 heterocycles. The van der Waals surface area contributed by atoms with Gasteiger partial charge in [-0.3, -0.25) is 0 Å². The van der Waals surface area contributed by atoms with Gasteiger partial charge >= 0.3 is 0 Å². The van der Waals surface area contributed by atoms with E-state index in [1.54, 1.807) is 23.7 Å². The van der Waals surface area contributed by atoms with Gasteiger partial charge in [0.05, 0.1) is 9.98 Å². The second-order valence-corrected chi connectivity index (χ2v) is 5.04. The number of phenols is 1. The Labute approximate surface area is 114 Å². The molecule has 1 N–H and O–H groups in total. The monoisotopic (exact) mass is 323 g/mol. The minimum Gasteiger partial charge on any atom is -0.507 e. The first-order valence-electron chi connectivity index (χ1n) is 4.95. The zero-order valence-electron chi connectivity index (χ0n) is 8.87. The average molecular weight is 324 g/mol. The number of hydrogen-bond acceptors (Lipinski definition) is 6. The van der Waals surface area contributed by atoms with Crippen molar-refractivity contribution in [1.82, 2.24) is 15.1 Å². The molecular formula is C11H6BrN3O2S. The summed E-state index contributed by atoms with van der Waals surface area (Å²) < 4.78 is 5.76. The van der Waals surface area contributed by atoms with Gasteiger partial charge in [0, 0.05) is 10.9 Å². The van der Waals surface area contributed by atoms with Crippen molar-refractivity contribution in [3.05, 3.63) is 33.6 Å². The molecular weight excluding hydrogens is 318 g/mol. The molecule has 1 aromatic carbocycles. The van der Waals surface area contributed by atoms with Gasteiger partial charge < -0.3 is 9.63 Å². The first-order valence-corrected chi connectivity index (χ1v) is 6.69. The molecule has 3 rings (SSSR count). The lowest BCUT2D eigenvalue weighted by Crippen LogP contribution is -1.81. The van der Waals surface area contributed by atoms with E-state index in [9.17, 15) is 5.11 Å². The van der Waals surface area contributed by atoms with E-state index in [0.29, 0.717) is 27.4 Å². The van der Waals surface area contributed by atoms with Crippen LogP contribution in [0.5, 0.6) is 5.75 Å². The number of aromatic nitrogens is 3. The van der Waals surface area contributed by atoms with E-state index in [2.05, 4.69) is 31.1 Å². The lowest BCUT2D eigenvalue weighted by atomic mass is 10.2. The van der Waals surface area contributed by atoms with Crippen LogP contribution in [0.3, 0.4) is 0 Å². The first-order chi connectivity index (χ1) is 8.74. The van der Waals surface area contributed by atoms with Crippen LogP contribution in [0.4, 0.5) is 0 Å². The van der Waals surface area contributed by atoms with E-state index < -0.39 is 0 Å². The zero-order valence-corrected chi connectivity index (χ0v) is 11.3. The predicted molar refractivity (Wildman–Crippen MR) is 70.2 cm³/mol. The highest BCUT2D eigenvalue weighted by molar-refractivity contribution is 9.10.